The van der Waals surface area contributed by atoms with Gasteiger partial charge < -0.3 is 19.3 Å². The molecule has 0 spiro atoms. The van der Waals surface area contributed by atoms with Crippen LogP contribution in [-0.4, -0.2) is 4.57 Å². The number of hydrogen-bond donors (Lipinski definition) is 0. The van der Waals surface area contributed by atoms with Crippen LogP contribution in [0.2, 0.25) is 0 Å². The Balaban J connectivity index is 0.753. The standard InChI is InChI=1S/C80H56N4/c1-3-21-65(22-4-1)82(77-31-15-19-63-17-7-9-25-73(63)77)70-51-39-60(40-52-70)57-33-45-67(46-34-57)81(69-49-37-59(38-50-69)62-43-55-72(56-44-62)84-79-29-13-11-27-75(79)76-28-12-14-30-80(76)84)68-47-35-58(36-48-68)61-41-53-71(54-42-61)83(66-23-5-2-6-24-66)78-32-16-20-64-18-8-10-26-74(64)78/h1-56H. The quantitative estimate of drug-likeness (QED) is 0.114. The smallest absolute Gasteiger partial charge is 0.0541 e. The monoisotopic (exact) mass is 1070 g/mol. The van der Waals surface area contributed by atoms with Gasteiger partial charge in [0.1, 0.15) is 0 Å². The number of anilines is 9. The topological polar surface area (TPSA) is 14.7 Å². The van der Waals surface area contributed by atoms with Gasteiger partial charge in [-0.05, 0) is 165 Å². The highest BCUT2D eigenvalue weighted by atomic mass is 15.2. The summed E-state index contributed by atoms with van der Waals surface area (Å²) in [4.78, 5) is 7.07. The summed E-state index contributed by atoms with van der Waals surface area (Å²) in [6.45, 7) is 0. The van der Waals surface area contributed by atoms with E-state index in [-0.39, 0.29) is 0 Å². The largest absolute Gasteiger partial charge is 0.311 e. The molecule has 14 aromatic carbocycles. The fourth-order valence-corrected chi connectivity index (χ4v) is 12.3. The lowest BCUT2D eigenvalue weighted by Crippen LogP contribution is -2.10. The van der Waals surface area contributed by atoms with E-state index in [0.29, 0.717) is 0 Å². The van der Waals surface area contributed by atoms with E-state index in [9.17, 15) is 0 Å². The summed E-state index contributed by atoms with van der Waals surface area (Å²) < 4.78 is 2.37. The molecule has 0 unspecified atom stereocenters. The Hall–Kier alpha value is -11.2. The molecule has 15 aromatic rings. The SMILES string of the molecule is c1ccc(N(c2ccc(-c3ccc(N(c4ccc(-c5ccc(N(c6ccccc6)c6cccc7ccccc67)cc5)cc4)c4ccc(-c5ccc(-n6c7ccccc7c7ccccc76)cc5)cc4)cc3)cc2)c2cccc3ccccc23)cc1. The van der Waals surface area contributed by atoms with Gasteiger partial charge in [0, 0.05) is 67.0 Å². The molecule has 0 aliphatic heterocycles. The minimum Gasteiger partial charge on any atom is -0.311 e. The van der Waals surface area contributed by atoms with E-state index in [2.05, 4.69) is 359 Å². The molecule has 4 heteroatoms. The van der Waals surface area contributed by atoms with E-state index in [1.54, 1.807) is 0 Å². The fraction of sp³-hybridized carbons (Fsp3) is 0. The van der Waals surface area contributed by atoms with Crippen LogP contribution in [0.1, 0.15) is 0 Å². The lowest BCUT2D eigenvalue weighted by Gasteiger charge is -2.27. The Kier molecular flexibility index (Phi) is 12.9. The van der Waals surface area contributed by atoms with E-state index >= 15 is 0 Å². The Labute approximate surface area is 489 Å². The summed E-state index contributed by atoms with van der Waals surface area (Å²) in [6.07, 6.45) is 0. The average Bonchev–Trinajstić information content (AvgIpc) is 2.71. The third-order valence-electron chi connectivity index (χ3n) is 16.4. The van der Waals surface area contributed by atoms with Gasteiger partial charge in [-0.1, -0.05) is 218 Å². The van der Waals surface area contributed by atoms with Gasteiger partial charge in [0.15, 0.2) is 0 Å². The van der Waals surface area contributed by atoms with Gasteiger partial charge in [-0.15, -0.1) is 0 Å². The highest BCUT2D eigenvalue weighted by Gasteiger charge is 2.20. The molecule has 0 atom stereocenters. The summed E-state index contributed by atoms with van der Waals surface area (Å²) in [6, 6.07) is 123. The number of para-hydroxylation sites is 4. The Morgan fingerprint density at radius 3 is 0.798 bits per heavy atom. The second-order valence-corrected chi connectivity index (χ2v) is 21.3. The molecule has 396 valence electrons. The molecule has 0 aliphatic carbocycles. The molecule has 0 saturated heterocycles. The molecule has 1 heterocycles. The first-order chi connectivity index (χ1) is 41.7. The fourth-order valence-electron chi connectivity index (χ4n) is 12.3. The van der Waals surface area contributed by atoms with Gasteiger partial charge >= 0.3 is 0 Å². The first kappa shape index (κ1) is 49.8. The average molecular weight is 1070 g/mol. The summed E-state index contributed by atoms with van der Waals surface area (Å²) >= 11 is 0. The molecule has 15 rings (SSSR count). The minimum atomic E-state index is 1.07. The van der Waals surface area contributed by atoms with Crippen LogP contribution in [0.5, 0.6) is 0 Å². The Morgan fingerprint density at radius 2 is 0.440 bits per heavy atom. The second kappa shape index (κ2) is 21.7. The zero-order valence-corrected chi connectivity index (χ0v) is 46.1. The van der Waals surface area contributed by atoms with Crippen LogP contribution >= 0.6 is 0 Å². The lowest BCUT2D eigenvalue weighted by molar-refractivity contribution is 1.18. The normalized spacial score (nSPS) is 11.3. The number of fused-ring (bicyclic) bond motifs is 5. The molecular weight excluding hydrogens is 1020 g/mol. The molecule has 0 saturated carbocycles. The number of nitrogens with zero attached hydrogens (tertiary/aromatic N) is 4. The van der Waals surface area contributed by atoms with Crippen LogP contribution in [0.15, 0.2) is 340 Å². The van der Waals surface area contributed by atoms with E-state index in [1.165, 1.54) is 43.4 Å². The van der Waals surface area contributed by atoms with Crippen molar-refractivity contribution in [3.63, 3.8) is 0 Å². The molecule has 0 radical (unpaired) electrons. The van der Waals surface area contributed by atoms with Gasteiger partial charge in [0.2, 0.25) is 0 Å². The molecule has 4 nitrogen and oxygen atoms in total. The molecule has 0 amide bonds. The van der Waals surface area contributed by atoms with Crippen molar-refractivity contribution in [2.24, 2.45) is 0 Å². The maximum atomic E-state index is 2.37. The molecule has 0 fully saturated rings. The van der Waals surface area contributed by atoms with Crippen molar-refractivity contribution < 1.29 is 0 Å². The first-order valence-electron chi connectivity index (χ1n) is 28.7. The van der Waals surface area contributed by atoms with Crippen molar-refractivity contribution in [1.82, 2.24) is 4.57 Å². The van der Waals surface area contributed by atoms with Crippen LogP contribution in [0.25, 0.3) is 82.4 Å². The van der Waals surface area contributed by atoms with Crippen molar-refractivity contribution in [1.29, 1.82) is 0 Å². The Morgan fingerprint density at radius 1 is 0.179 bits per heavy atom. The predicted molar refractivity (Wildman–Crippen MR) is 356 cm³/mol. The number of benzene rings is 14. The van der Waals surface area contributed by atoms with Gasteiger partial charge in [-0.2, -0.15) is 0 Å². The van der Waals surface area contributed by atoms with Crippen LogP contribution in [-0.2, 0) is 0 Å². The number of hydrogen-bond acceptors (Lipinski definition) is 3. The van der Waals surface area contributed by atoms with E-state index in [0.717, 1.165) is 90.3 Å². The lowest BCUT2D eigenvalue weighted by atomic mass is 10.0. The number of aromatic nitrogens is 1. The van der Waals surface area contributed by atoms with Crippen LogP contribution in [0, 0.1) is 0 Å². The molecule has 0 N–H and O–H groups in total. The summed E-state index contributed by atoms with van der Waals surface area (Å²) in [7, 11) is 0. The third kappa shape index (κ3) is 9.28. The summed E-state index contributed by atoms with van der Waals surface area (Å²) in [5.74, 6) is 0. The molecule has 0 bridgehead atoms. The second-order valence-electron chi connectivity index (χ2n) is 21.3. The van der Waals surface area contributed by atoms with Crippen molar-refractivity contribution in [3.8, 4) is 39.1 Å². The van der Waals surface area contributed by atoms with Gasteiger partial charge in [-0.25, -0.2) is 0 Å². The van der Waals surface area contributed by atoms with Gasteiger partial charge in [-0.3, -0.25) is 0 Å². The summed E-state index contributed by atoms with van der Waals surface area (Å²) in [5, 5.41) is 7.36. The summed E-state index contributed by atoms with van der Waals surface area (Å²) in [5.41, 5.74) is 20.4. The van der Waals surface area contributed by atoms with Crippen molar-refractivity contribution in [2.75, 3.05) is 14.7 Å². The predicted octanol–water partition coefficient (Wildman–Crippen LogP) is 22.5. The number of rotatable bonds is 13. The van der Waals surface area contributed by atoms with Gasteiger partial charge in [0.25, 0.3) is 0 Å². The first-order valence-corrected chi connectivity index (χ1v) is 28.7. The highest BCUT2D eigenvalue weighted by molar-refractivity contribution is 6.09. The third-order valence-corrected chi connectivity index (χ3v) is 16.4. The van der Waals surface area contributed by atoms with Crippen LogP contribution < -0.4 is 14.7 Å². The molecular formula is C80H56N4. The minimum absolute atomic E-state index is 1.07. The van der Waals surface area contributed by atoms with E-state index in [4.69, 9.17) is 0 Å². The van der Waals surface area contributed by atoms with Crippen LogP contribution in [0.4, 0.5) is 51.2 Å². The van der Waals surface area contributed by atoms with Crippen molar-refractivity contribution in [3.05, 3.63) is 340 Å². The van der Waals surface area contributed by atoms with Gasteiger partial charge in [0.05, 0.1) is 22.4 Å². The maximum absolute atomic E-state index is 2.37. The Bertz CT molecular complexity index is 4510. The zero-order valence-electron chi connectivity index (χ0n) is 46.1. The van der Waals surface area contributed by atoms with Crippen molar-refractivity contribution >= 4 is 94.5 Å². The van der Waals surface area contributed by atoms with Crippen molar-refractivity contribution in [2.45, 2.75) is 0 Å². The maximum Gasteiger partial charge on any atom is 0.0541 e. The van der Waals surface area contributed by atoms with Crippen LogP contribution in [0.3, 0.4) is 0 Å². The zero-order chi connectivity index (χ0) is 55.8. The van der Waals surface area contributed by atoms with E-state index in [1.807, 2.05) is 0 Å². The molecule has 84 heavy (non-hydrogen) atoms. The molecule has 1 aromatic heterocycles. The molecule has 0 aliphatic rings. The highest BCUT2D eigenvalue weighted by Crippen LogP contribution is 2.43. The van der Waals surface area contributed by atoms with E-state index < -0.39 is 0 Å².